The van der Waals surface area contributed by atoms with E-state index in [0.717, 1.165) is 5.69 Å². The molecule has 14 heavy (non-hydrogen) atoms. The van der Waals surface area contributed by atoms with E-state index < -0.39 is 0 Å². The Balaban J connectivity index is 2.10. The molecule has 1 fully saturated rings. The van der Waals surface area contributed by atoms with Gasteiger partial charge in [0.25, 0.3) is 5.91 Å². The molecule has 0 radical (unpaired) electrons. The second-order valence-corrected chi connectivity index (χ2v) is 3.06. The van der Waals surface area contributed by atoms with Crippen LogP contribution in [-0.4, -0.2) is 18.6 Å². The normalized spacial score (nSPS) is 20.6. The molecule has 1 aliphatic heterocycles. The Bertz CT molecular complexity index is 354. The van der Waals surface area contributed by atoms with E-state index in [1.54, 1.807) is 6.07 Å². The fourth-order valence-corrected chi connectivity index (χ4v) is 1.27. The van der Waals surface area contributed by atoms with Crippen molar-refractivity contribution in [2.45, 2.75) is 6.04 Å². The lowest BCUT2D eigenvalue weighted by molar-refractivity contribution is -0.124. The number of hydrogen-bond donors (Lipinski definition) is 3. The number of carbonyl (C=O) groups is 1. The number of nitrogen functional groups attached to an aromatic ring is 1. The number of nitrogens with two attached hydrogens (primary N) is 1. The van der Waals surface area contributed by atoms with Crippen molar-refractivity contribution in [3.63, 3.8) is 0 Å². The second-order valence-electron chi connectivity index (χ2n) is 3.06. The number of nitrogens with one attached hydrogen (secondary N) is 2. The van der Waals surface area contributed by atoms with E-state index in [2.05, 4.69) is 10.8 Å². The maximum Gasteiger partial charge on any atom is 0.268 e. The highest BCUT2D eigenvalue weighted by Gasteiger charge is 2.25. The van der Waals surface area contributed by atoms with Crippen LogP contribution in [0.5, 0.6) is 0 Å². The summed E-state index contributed by atoms with van der Waals surface area (Å²) < 4.78 is 0. The Morgan fingerprint density at radius 2 is 2.29 bits per heavy atom. The molecule has 5 nitrogen and oxygen atoms in total. The van der Waals surface area contributed by atoms with Crippen molar-refractivity contribution in [1.82, 2.24) is 5.48 Å². The highest BCUT2D eigenvalue weighted by atomic mass is 16.7. The van der Waals surface area contributed by atoms with E-state index in [1.807, 2.05) is 18.2 Å². The predicted octanol–water partition coefficient (Wildman–Crippen LogP) is 0.111. The van der Waals surface area contributed by atoms with Gasteiger partial charge in [0.05, 0.1) is 11.4 Å². The molecule has 0 bridgehead atoms. The van der Waals surface area contributed by atoms with Crippen LogP contribution < -0.4 is 16.5 Å². The summed E-state index contributed by atoms with van der Waals surface area (Å²) in [6.07, 6.45) is 0. The Labute approximate surface area is 81.2 Å². The number of anilines is 2. The molecule has 1 aromatic carbocycles. The first-order chi connectivity index (χ1) is 6.77. The SMILES string of the molecule is Nc1ccccc1N[C@H]1CONC1=O. The van der Waals surface area contributed by atoms with Crippen molar-refractivity contribution in [3.8, 4) is 0 Å². The van der Waals surface area contributed by atoms with Crippen molar-refractivity contribution in [2.24, 2.45) is 0 Å². The molecule has 1 saturated heterocycles. The lowest BCUT2D eigenvalue weighted by atomic mass is 10.2. The van der Waals surface area contributed by atoms with E-state index in [1.165, 1.54) is 0 Å². The van der Waals surface area contributed by atoms with Gasteiger partial charge in [-0.2, -0.15) is 0 Å². The maximum atomic E-state index is 11.2. The first-order valence-corrected chi connectivity index (χ1v) is 4.30. The van der Waals surface area contributed by atoms with Gasteiger partial charge in [-0.15, -0.1) is 0 Å². The van der Waals surface area contributed by atoms with Gasteiger partial charge in [0.15, 0.2) is 0 Å². The van der Waals surface area contributed by atoms with Crippen LogP contribution in [0, 0.1) is 0 Å². The zero-order chi connectivity index (χ0) is 9.97. The van der Waals surface area contributed by atoms with Gasteiger partial charge in [-0.3, -0.25) is 9.63 Å². The van der Waals surface area contributed by atoms with E-state index in [0.29, 0.717) is 12.3 Å². The number of benzene rings is 1. The number of rotatable bonds is 2. The minimum absolute atomic E-state index is 0.173. The standard InChI is InChI=1S/C9H11N3O2/c10-6-3-1-2-4-7(6)11-8-5-14-12-9(8)13/h1-4,8,11H,5,10H2,(H,12,13)/t8-/m0/s1. The van der Waals surface area contributed by atoms with E-state index in [9.17, 15) is 4.79 Å². The molecule has 0 aromatic heterocycles. The summed E-state index contributed by atoms with van der Waals surface area (Å²) in [7, 11) is 0. The first-order valence-electron chi connectivity index (χ1n) is 4.30. The highest BCUT2D eigenvalue weighted by molar-refractivity contribution is 5.86. The molecular formula is C9H11N3O2. The third-order valence-corrected chi connectivity index (χ3v) is 2.03. The number of amides is 1. The van der Waals surface area contributed by atoms with Gasteiger partial charge in [-0.05, 0) is 12.1 Å². The number of carbonyl (C=O) groups excluding carboxylic acids is 1. The average Bonchev–Trinajstić information content (AvgIpc) is 2.56. The molecule has 74 valence electrons. The Morgan fingerprint density at radius 1 is 1.50 bits per heavy atom. The molecular weight excluding hydrogens is 182 g/mol. The number of hydrogen-bond acceptors (Lipinski definition) is 4. The summed E-state index contributed by atoms with van der Waals surface area (Å²) in [5.74, 6) is -0.173. The van der Waals surface area contributed by atoms with Crippen LogP contribution in [0.2, 0.25) is 0 Å². The monoisotopic (exact) mass is 193 g/mol. The van der Waals surface area contributed by atoms with Gasteiger partial charge < -0.3 is 11.1 Å². The van der Waals surface area contributed by atoms with Gasteiger partial charge in [-0.1, -0.05) is 12.1 Å². The van der Waals surface area contributed by atoms with Crippen LogP contribution in [0.4, 0.5) is 11.4 Å². The minimum atomic E-state index is -0.361. The summed E-state index contributed by atoms with van der Waals surface area (Å²) in [6.45, 7) is 0.313. The molecule has 1 aliphatic rings. The van der Waals surface area contributed by atoms with E-state index in [-0.39, 0.29) is 11.9 Å². The molecule has 1 heterocycles. The van der Waals surface area contributed by atoms with Crippen LogP contribution in [-0.2, 0) is 9.63 Å². The molecule has 0 spiro atoms. The summed E-state index contributed by atoms with van der Waals surface area (Å²) in [4.78, 5) is 15.9. The zero-order valence-corrected chi connectivity index (χ0v) is 7.49. The molecule has 0 saturated carbocycles. The largest absolute Gasteiger partial charge is 0.397 e. The fourth-order valence-electron chi connectivity index (χ4n) is 1.27. The molecule has 4 N–H and O–H groups in total. The minimum Gasteiger partial charge on any atom is -0.397 e. The molecule has 1 aromatic rings. The summed E-state index contributed by atoms with van der Waals surface area (Å²) >= 11 is 0. The van der Waals surface area contributed by atoms with Crippen LogP contribution in [0.15, 0.2) is 24.3 Å². The molecule has 1 atom stereocenters. The summed E-state index contributed by atoms with van der Waals surface area (Å²) in [5, 5.41) is 3.00. The Morgan fingerprint density at radius 3 is 2.93 bits per heavy atom. The van der Waals surface area contributed by atoms with Gasteiger partial charge in [0.2, 0.25) is 0 Å². The Hall–Kier alpha value is -1.75. The second kappa shape index (κ2) is 3.55. The quantitative estimate of drug-likeness (QED) is 0.583. The van der Waals surface area contributed by atoms with Crippen molar-refractivity contribution in [3.05, 3.63) is 24.3 Å². The van der Waals surface area contributed by atoms with Crippen molar-refractivity contribution in [2.75, 3.05) is 17.7 Å². The summed E-state index contributed by atoms with van der Waals surface area (Å²) in [5.41, 5.74) is 9.34. The molecule has 2 rings (SSSR count). The molecule has 0 aliphatic carbocycles. The Kier molecular flexibility index (Phi) is 2.24. The lowest BCUT2D eigenvalue weighted by Gasteiger charge is -2.11. The maximum absolute atomic E-state index is 11.2. The van der Waals surface area contributed by atoms with Gasteiger partial charge in [-0.25, -0.2) is 5.48 Å². The van der Waals surface area contributed by atoms with E-state index >= 15 is 0 Å². The third-order valence-electron chi connectivity index (χ3n) is 2.03. The van der Waals surface area contributed by atoms with Gasteiger partial charge >= 0.3 is 0 Å². The topological polar surface area (TPSA) is 76.4 Å². The molecule has 1 amide bonds. The van der Waals surface area contributed by atoms with Crippen molar-refractivity contribution < 1.29 is 9.63 Å². The summed E-state index contributed by atoms with van der Waals surface area (Å²) in [6, 6.07) is 6.93. The number of hydroxylamine groups is 1. The average molecular weight is 193 g/mol. The predicted molar refractivity (Wildman–Crippen MR) is 52.4 cm³/mol. The van der Waals surface area contributed by atoms with Crippen LogP contribution in [0.1, 0.15) is 0 Å². The molecule has 5 heteroatoms. The highest BCUT2D eigenvalue weighted by Crippen LogP contribution is 2.18. The van der Waals surface area contributed by atoms with Crippen LogP contribution >= 0.6 is 0 Å². The fraction of sp³-hybridized carbons (Fsp3) is 0.222. The van der Waals surface area contributed by atoms with Crippen molar-refractivity contribution >= 4 is 17.3 Å². The number of para-hydroxylation sites is 2. The molecule has 0 unspecified atom stereocenters. The smallest absolute Gasteiger partial charge is 0.268 e. The van der Waals surface area contributed by atoms with E-state index in [4.69, 9.17) is 10.6 Å². The van der Waals surface area contributed by atoms with Crippen LogP contribution in [0.3, 0.4) is 0 Å². The third kappa shape index (κ3) is 1.62. The first kappa shape index (κ1) is 8.83. The van der Waals surface area contributed by atoms with Crippen LogP contribution in [0.25, 0.3) is 0 Å². The van der Waals surface area contributed by atoms with Gasteiger partial charge in [0.1, 0.15) is 12.6 Å². The lowest BCUT2D eigenvalue weighted by Crippen LogP contribution is -2.31. The van der Waals surface area contributed by atoms with Gasteiger partial charge in [0, 0.05) is 0 Å². The zero-order valence-electron chi connectivity index (χ0n) is 7.49. The van der Waals surface area contributed by atoms with Crippen molar-refractivity contribution in [1.29, 1.82) is 0 Å².